The normalized spacial score (nSPS) is 35.7. The van der Waals surface area contributed by atoms with Crippen LogP contribution in [0.5, 0.6) is 0 Å². The number of nitrogens with one attached hydrogen (secondary N) is 1. The van der Waals surface area contributed by atoms with Crippen LogP contribution in [0.25, 0.3) is 0 Å². The van der Waals surface area contributed by atoms with E-state index in [9.17, 15) is 14.4 Å². The van der Waals surface area contributed by atoms with Crippen LogP contribution in [0.15, 0.2) is 24.3 Å². The maximum Gasteiger partial charge on any atom is 0.310 e. The smallest absolute Gasteiger partial charge is 0.310 e. The number of halogens is 1. The first kappa shape index (κ1) is 19.1. The minimum Gasteiger partial charge on any atom is -0.461 e. The molecule has 2 saturated carbocycles. The second kappa shape index (κ2) is 7.11. The molecule has 5 rings (SSSR count). The first-order chi connectivity index (χ1) is 13.9. The summed E-state index contributed by atoms with van der Waals surface area (Å²) in [6.07, 6.45) is 2.87. The van der Waals surface area contributed by atoms with E-state index in [1.54, 1.807) is 24.3 Å². The molecule has 0 spiro atoms. The Kier molecular flexibility index (Phi) is 4.68. The molecule has 154 valence electrons. The molecule has 2 heterocycles. The lowest BCUT2D eigenvalue weighted by molar-refractivity contribution is -0.145. The lowest BCUT2D eigenvalue weighted by atomic mass is 9.79. The molecule has 2 aliphatic heterocycles. The second-order valence-corrected chi connectivity index (χ2v) is 10.1. The highest BCUT2D eigenvalue weighted by atomic mass is 79.9. The summed E-state index contributed by atoms with van der Waals surface area (Å²) < 4.78 is 5.48. The number of carbonyl (C=O) groups excluding carboxylic acids is 3. The molecule has 7 heteroatoms. The Morgan fingerprint density at radius 2 is 1.83 bits per heavy atom. The van der Waals surface area contributed by atoms with Gasteiger partial charge in [0, 0.05) is 30.3 Å². The molecule has 2 amide bonds. The number of rotatable bonds is 3. The third-order valence-electron chi connectivity index (χ3n) is 7.30. The Morgan fingerprint density at radius 3 is 2.52 bits per heavy atom. The van der Waals surface area contributed by atoms with E-state index in [-0.39, 0.29) is 52.4 Å². The monoisotopic (exact) mass is 460 g/mol. The van der Waals surface area contributed by atoms with Crippen LogP contribution >= 0.6 is 15.9 Å². The minimum absolute atomic E-state index is 0.0461. The predicted molar refractivity (Wildman–Crippen MR) is 111 cm³/mol. The van der Waals surface area contributed by atoms with Crippen LogP contribution in [0.4, 0.5) is 5.69 Å². The van der Waals surface area contributed by atoms with Crippen LogP contribution in [0.2, 0.25) is 0 Å². The van der Waals surface area contributed by atoms with Crippen LogP contribution in [-0.4, -0.2) is 46.7 Å². The summed E-state index contributed by atoms with van der Waals surface area (Å²) in [6, 6.07) is 7.08. The van der Waals surface area contributed by atoms with Gasteiger partial charge in [-0.15, -0.1) is 0 Å². The van der Waals surface area contributed by atoms with Crippen molar-refractivity contribution < 1.29 is 19.1 Å². The molecule has 1 N–H and O–H groups in total. The Balaban J connectivity index is 1.25. The van der Waals surface area contributed by atoms with E-state index >= 15 is 0 Å². The zero-order chi connectivity index (χ0) is 20.3. The summed E-state index contributed by atoms with van der Waals surface area (Å²) >= 11 is 3.64. The van der Waals surface area contributed by atoms with Gasteiger partial charge in [0.2, 0.25) is 5.91 Å². The lowest BCUT2D eigenvalue weighted by Gasteiger charge is -2.30. The van der Waals surface area contributed by atoms with Gasteiger partial charge in [-0.25, -0.2) is 0 Å². The van der Waals surface area contributed by atoms with Gasteiger partial charge in [0.05, 0.1) is 16.7 Å². The average molecular weight is 461 g/mol. The molecular weight excluding hydrogens is 436 g/mol. The van der Waals surface area contributed by atoms with Crippen LogP contribution < -0.4 is 5.32 Å². The van der Waals surface area contributed by atoms with E-state index in [2.05, 4.69) is 28.2 Å². The zero-order valence-corrected chi connectivity index (χ0v) is 17.9. The van der Waals surface area contributed by atoms with Crippen molar-refractivity contribution >= 4 is 39.4 Å². The number of fused-ring (bicyclic) bond motifs is 1. The summed E-state index contributed by atoms with van der Waals surface area (Å²) in [5, 5.41) is 2.95. The minimum atomic E-state index is -0.354. The van der Waals surface area contributed by atoms with Gasteiger partial charge in [-0.05, 0) is 55.4 Å². The van der Waals surface area contributed by atoms with E-state index < -0.39 is 0 Å². The molecular formula is C22H25BrN2O4. The molecule has 2 bridgehead atoms. The lowest BCUT2D eigenvalue weighted by Crippen LogP contribution is -2.40. The van der Waals surface area contributed by atoms with E-state index in [4.69, 9.17) is 4.74 Å². The number of ether oxygens (including phenoxy) is 1. The molecule has 0 unspecified atom stereocenters. The summed E-state index contributed by atoms with van der Waals surface area (Å²) in [5.74, 6) is -0.0365. The largest absolute Gasteiger partial charge is 0.461 e. The number of carbonyl (C=O) groups is 3. The number of hydrogen-bond donors (Lipinski definition) is 1. The predicted octanol–water partition coefficient (Wildman–Crippen LogP) is 3.07. The Labute approximate surface area is 178 Å². The van der Waals surface area contributed by atoms with Crippen LogP contribution in [0, 0.1) is 29.6 Å². The van der Waals surface area contributed by atoms with Gasteiger partial charge in [0.1, 0.15) is 6.10 Å². The molecule has 0 radical (unpaired) electrons. The second-order valence-electron chi connectivity index (χ2n) is 9.00. The highest BCUT2D eigenvalue weighted by molar-refractivity contribution is 9.09. The first-order valence-corrected chi connectivity index (χ1v) is 11.4. The quantitative estimate of drug-likeness (QED) is 0.555. The third-order valence-corrected chi connectivity index (χ3v) is 8.50. The standard InChI is InChI=1S/C22H25BrN2O4/c1-11-6-8-25(9-7-11)21(27)12-2-4-13(5-3-12)24-20(26)16-14-10-15-17(16)22(28)29-19(15)18(14)23/h2-5,11,14-19H,6-10H2,1H3,(H,24,26)/t14-,15-,16-,17-,18+,19+/m1/s1. The van der Waals surface area contributed by atoms with Gasteiger partial charge < -0.3 is 15.0 Å². The van der Waals surface area contributed by atoms with Crippen molar-refractivity contribution in [2.75, 3.05) is 18.4 Å². The van der Waals surface area contributed by atoms with Crippen molar-refractivity contribution in [3.63, 3.8) is 0 Å². The Morgan fingerprint density at radius 1 is 1.14 bits per heavy atom. The molecule has 2 saturated heterocycles. The molecule has 4 fully saturated rings. The molecule has 29 heavy (non-hydrogen) atoms. The maximum absolute atomic E-state index is 13.0. The van der Waals surface area contributed by atoms with Crippen LogP contribution in [0.1, 0.15) is 36.5 Å². The number of piperidine rings is 1. The molecule has 0 aromatic heterocycles. The van der Waals surface area contributed by atoms with Crippen LogP contribution in [-0.2, 0) is 14.3 Å². The Hall–Kier alpha value is -1.89. The van der Waals surface area contributed by atoms with Gasteiger partial charge in [-0.2, -0.15) is 0 Å². The zero-order valence-electron chi connectivity index (χ0n) is 16.3. The average Bonchev–Trinajstić information content (AvgIpc) is 3.33. The number of esters is 1. The fourth-order valence-electron chi connectivity index (χ4n) is 5.65. The van der Waals surface area contributed by atoms with Crippen molar-refractivity contribution in [3.05, 3.63) is 29.8 Å². The van der Waals surface area contributed by atoms with Gasteiger partial charge in [0.25, 0.3) is 5.91 Å². The highest BCUT2D eigenvalue weighted by Crippen LogP contribution is 2.60. The number of benzene rings is 1. The number of anilines is 1. The van der Waals surface area contributed by atoms with Crippen molar-refractivity contribution in [3.8, 4) is 0 Å². The van der Waals surface area contributed by atoms with E-state index in [0.717, 1.165) is 32.4 Å². The van der Waals surface area contributed by atoms with Crippen molar-refractivity contribution in [1.82, 2.24) is 4.90 Å². The fourth-order valence-corrected chi connectivity index (χ4v) is 6.69. The van der Waals surface area contributed by atoms with Gasteiger partial charge in [0.15, 0.2) is 0 Å². The third kappa shape index (κ3) is 3.09. The number of likely N-dealkylation sites (tertiary alicyclic amines) is 1. The molecule has 1 aromatic rings. The maximum atomic E-state index is 13.0. The number of nitrogens with zero attached hydrogens (tertiary/aromatic N) is 1. The first-order valence-electron chi connectivity index (χ1n) is 10.5. The SMILES string of the molecule is CC1CCN(C(=O)c2ccc(NC(=O)[C@@H]3[C@H]4C[C@H]5[C@H](OC(=O)[C@H]53)[C@H]4Br)cc2)CC1. The molecule has 6 nitrogen and oxygen atoms in total. The Bertz CT molecular complexity index is 849. The van der Waals surface area contributed by atoms with Gasteiger partial charge >= 0.3 is 5.97 Å². The number of alkyl halides is 1. The molecule has 4 aliphatic rings. The molecule has 2 aliphatic carbocycles. The van der Waals surface area contributed by atoms with Crippen molar-refractivity contribution in [1.29, 1.82) is 0 Å². The van der Waals surface area contributed by atoms with E-state index in [1.165, 1.54) is 0 Å². The van der Waals surface area contributed by atoms with E-state index in [1.807, 2.05) is 4.90 Å². The summed E-state index contributed by atoms with van der Waals surface area (Å²) in [6.45, 7) is 3.82. The summed E-state index contributed by atoms with van der Waals surface area (Å²) in [7, 11) is 0. The van der Waals surface area contributed by atoms with Gasteiger partial charge in [-0.1, -0.05) is 22.9 Å². The molecule has 6 atom stereocenters. The summed E-state index contributed by atoms with van der Waals surface area (Å²) in [5.41, 5.74) is 1.29. The van der Waals surface area contributed by atoms with Gasteiger partial charge in [-0.3, -0.25) is 14.4 Å². The van der Waals surface area contributed by atoms with Crippen LogP contribution in [0.3, 0.4) is 0 Å². The highest BCUT2D eigenvalue weighted by Gasteiger charge is 2.67. The number of hydrogen-bond acceptors (Lipinski definition) is 4. The number of amides is 2. The van der Waals surface area contributed by atoms with Crippen molar-refractivity contribution in [2.45, 2.75) is 37.1 Å². The molecule has 1 aromatic carbocycles. The topological polar surface area (TPSA) is 75.7 Å². The fraction of sp³-hybridized carbons (Fsp3) is 0.591. The van der Waals surface area contributed by atoms with Crippen molar-refractivity contribution in [2.24, 2.45) is 29.6 Å². The van der Waals surface area contributed by atoms with E-state index in [0.29, 0.717) is 17.2 Å². The summed E-state index contributed by atoms with van der Waals surface area (Å²) in [4.78, 5) is 39.8.